The number of carbonyl (C=O) groups excluding carboxylic acids is 1. The van der Waals surface area contributed by atoms with Gasteiger partial charge in [0.15, 0.2) is 9.84 Å². The van der Waals surface area contributed by atoms with Crippen LogP contribution in [0.1, 0.15) is 6.92 Å². The van der Waals surface area contributed by atoms with Gasteiger partial charge in [-0.15, -0.1) is 0 Å². The fourth-order valence-corrected chi connectivity index (χ4v) is 6.94. The summed E-state index contributed by atoms with van der Waals surface area (Å²) in [5, 5.41) is 12.9. The van der Waals surface area contributed by atoms with E-state index in [1.54, 1.807) is 18.2 Å². The molecule has 1 aliphatic heterocycles. The Bertz CT molecular complexity index is 1150. The molecule has 2 aromatic rings. The van der Waals surface area contributed by atoms with Crippen molar-refractivity contribution in [3.8, 4) is 5.75 Å². The Morgan fingerprint density at radius 3 is 2.37 bits per heavy atom. The van der Waals surface area contributed by atoms with Crippen molar-refractivity contribution in [2.75, 3.05) is 28.2 Å². The molecule has 3 rings (SSSR count). The van der Waals surface area contributed by atoms with Gasteiger partial charge in [0.25, 0.3) is 10.0 Å². The monoisotopic (exact) mass is 454 g/mol. The van der Waals surface area contributed by atoms with E-state index in [2.05, 4.69) is 5.32 Å². The molecule has 0 bridgehead atoms. The predicted octanol–water partition coefficient (Wildman–Crippen LogP) is 1.01. The summed E-state index contributed by atoms with van der Waals surface area (Å²) in [5.74, 6) is -1.17. The third-order valence-electron chi connectivity index (χ3n) is 4.64. The van der Waals surface area contributed by atoms with Gasteiger partial charge >= 0.3 is 0 Å². The number of hydrogen-bond donors (Lipinski definition) is 2. The molecule has 2 aromatic carbocycles. The quantitative estimate of drug-likeness (QED) is 0.666. The van der Waals surface area contributed by atoms with Gasteiger partial charge in [-0.2, -0.15) is 0 Å². The highest BCUT2D eigenvalue weighted by Gasteiger charge is 2.45. The van der Waals surface area contributed by atoms with Crippen molar-refractivity contribution in [2.45, 2.75) is 24.0 Å². The Morgan fingerprint density at radius 1 is 1.17 bits per heavy atom. The third-order valence-corrected chi connectivity index (χ3v) is 8.19. The van der Waals surface area contributed by atoms with Gasteiger partial charge in [0, 0.05) is 6.92 Å². The van der Waals surface area contributed by atoms with Crippen molar-refractivity contribution in [3.63, 3.8) is 0 Å². The van der Waals surface area contributed by atoms with Gasteiger partial charge in [-0.05, 0) is 30.3 Å². The van der Waals surface area contributed by atoms with Crippen molar-refractivity contribution >= 4 is 37.1 Å². The minimum Gasteiger partial charge on any atom is -0.495 e. The standard InChI is InChI=1S/C19H22N2O7S2/c1-13(22)20-16-10-15(8-9-19(16)28-2)30(26,27)21(14-6-4-3-5-7-14)17-11-29(24,25)12-18(17)23/h3-10,17-18,23H,11-12H2,1-2H3,(H,20,22)/t17-,18+/m1/s1. The van der Waals surface area contributed by atoms with E-state index in [4.69, 9.17) is 4.74 Å². The molecule has 2 atom stereocenters. The molecular weight excluding hydrogens is 432 g/mol. The van der Waals surface area contributed by atoms with E-state index in [0.717, 1.165) is 4.31 Å². The van der Waals surface area contributed by atoms with Crippen LogP contribution in [-0.4, -0.2) is 58.6 Å². The average Bonchev–Trinajstić information content (AvgIpc) is 2.94. The van der Waals surface area contributed by atoms with Crippen molar-refractivity contribution < 1.29 is 31.5 Å². The van der Waals surface area contributed by atoms with Gasteiger partial charge in [0.05, 0.1) is 47.0 Å². The zero-order chi connectivity index (χ0) is 22.1. The number of carbonyl (C=O) groups is 1. The number of rotatable bonds is 6. The highest BCUT2D eigenvalue weighted by molar-refractivity contribution is 7.93. The molecule has 0 saturated carbocycles. The Labute approximate surface area is 175 Å². The van der Waals surface area contributed by atoms with Crippen molar-refractivity contribution in [2.24, 2.45) is 0 Å². The maximum Gasteiger partial charge on any atom is 0.264 e. The number of ether oxygens (including phenoxy) is 1. The van der Waals surface area contributed by atoms with Crippen molar-refractivity contribution in [1.29, 1.82) is 0 Å². The molecule has 1 saturated heterocycles. The first kappa shape index (κ1) is 22.1. The van der Waals surface area contributed by atoms with Crippen LogP contribution in [0, 0.1) is 0 Å². The van der Waals surface area contributed by atoms with Crippen LogP contribution in [0.4, 0.5) is 11.4 Å². The van der Waals surface area contributed by atoms with E-state index in [1.807, 2.05) is 0 Å². The fraction of sp³-hybridized carbons (Fsp3) is 0.316. The molecule has 0 spiro atoms. The molecule has 0 aromatic heterocycles. The highest BCUT2D eigenvalue weighted by atomic mass is 32.2. The maximum atomic E-state index is 13.6. The molecule has 162 valence electrons. The van der Waals surface area contributed by atoms with E-state index in [0.29, 0.717) is 0 Å². The number of sulfone groups is 1. The van der Waals surface area contributed by atoms with Crippen LogP contribution in [0.25, 0.3) is 0 Å². The van der Waals surface area contributed by atoms with Crippen LogP contribution in [-0.2, 0) is 24.7 Å². The van der Waals surface area contributed by atoms with E-state index in [1.165, 1.54) is 44.4 Å². The topological polar surface area (TPSA) is 130 Å². The summed E-state index contributed by atoms with van der Waals surface area (Å²) in [5.41, 5.74) is 0.370. The van der Waals surface area contributed by atoms with E-state index >= 15 is 0 Å². The zero-order valence-electron chi connectivity index (χ0n) is 16.3. The largest absolute Gasteiger partial charge is 0.495 e. The summed E-state index contributed by atoms with van der Waals surface area (Å²) in [6, 6.07) is 10.7. The molecule has 0 unspecified atom stereocenters. The molecule has 0 aliphatic carbocycles. The summed E-state index contributed by atoms with van der Waals surface area (Å²) in [6.45, 7) is 1.27. The Balaban J connectivity index is 2.15. The summed E-state index contributed by atoms with van der Waals surface area (Å²) < 4.78 is 57.4. The minimum absolute atomic E-state index is 0.152. The Kier molecular flexibility index (Phi) is 6.06. The van der Waals surface area contributed by atoms with Crippen molar-refractivity contribution in [1.82, 2.24) is 0 Å². The number of nitrogens with zero attached hydrogens (tertiary/aromatic N) is 1. The number of aliphatic hydroxyl groups is 1. The molecule has 9 nitrogen and oxygen atoms in total. The maximum absolute atomic E-state index is 13.6. The lowest BCUT2D eigenvalue weighted by atomic mass is 10.2. The zero-order valence-corrected chi connectivity index (χ0v) is 18.0. The highest BCUT2D eigenvalue weighted by Crippen LogP contribution is 2.34. The van der Waals surface area contributed by atoms with Gasteiger partial charge < -0.3 is 15.2 Å². The Morgan fingerprint density at radius 2 is 1.83 bits per heavy atom. The van der Waals surface area contributed by atoms with Gasteiger partial charge in [-0.25, -0.2) is 16.8 Å². The average molecular weight is 455 g/mol. The smallest absolute Gasteiger partial charge is 0.264 e. The lowest BCUT2D eigenvalue weighted by molar-refractivity contribution is -0.114. The number of anilines is 2. The predicted molar refractivity (Wildman–Crippen MR) is 112 cm³/mol. The molecule has 1 fully saturated rings. The van der Waals surface area contributed by atoms with Crippen molar-refractivity contribution in [3.05, 3.63) is 48.5 Å². The number of benzene rings is 2. The third kappa shape index (κ3) is 4.42. The summed E-state index contributed by atoms with van der Waals surface area (Å²) >= 11 is 0. The molecular formula is C19H22N2O7S2. The summed E-state index contributed by atoms with van der Waals surface area (Å²) in [4.78, 5) is 11.3. The van der Waals surface area contributed by atoms with Crippen LogP contribution in [0.5, 0.6) is 5.75 Å². The Hall–Kier alpha value is -2.63. The van der Waals surface area contributed by atoms with Crippen LogP contribution in [0.2, 0.25) is 0 Å². The second-order valence-electron chi connectivity index (χ2n) is 6.89. The molecule has 2 N–H and O–H groups in total. The summed E-state index contributed by atoms with van der Waals surface area (Å²) in [7, 11) is -6.53. The molecule has 1 amide bonds. The van der Waals surface area contributed by atoms with Gasteiger partial charge in [-0.3, -0.25) is 9.10 Å². The molecule has 0 radical (unpaired) electrons. The summed E-state index contributed by atoms with van der Waals surface area (Å²) in [6.07, 6.45) is -1.38. The van der Waals surface area contributed by atoms with Crippen LogP contribution < -0.4 is 14.4 Å². The first-order valence-electron chi connectivity index (χ1n) is 8.99. The molecule has 1 heterocycles. The van der Waals surface area contributed by atoms with Gasteiger partial charge in [-0.1, -0.05) is 18.2 Å². The van der Waals surface area contributed by atoms with E-state index in [-0.39, 0.29) is 22.0 Å². The van der Waals surface area contributed by atoms with Gasteiger partial charge in [0.1, 0.15) is 5.75 Å². The van der Waals surface area contributed by atoms with Crippen LogP contribution >= 0.6 is 0 Å². The fourth-order valence-electron chi connectivity index (χ4n) is 3.37. The lowest BCUT2D eigenvalue weighted by Gasteiger charge is -2.31. The first-order valence-corrected chi connectivity index (χ1v) is 12.2. The molecule has 1 aliphatic rings. The van der Waals surface area contributed by atoms with Crippen LogP contribution in [0.3, 0.4) is 0 Å². The van der Waals surface area contributed by atoms with E-state index in [9.17, 15) is 26.7 Å². The number of aliphatic hydroxyl groups excluding tert-OH is 1. The number of methoxy groups -OCH3 is 1. The van der Waals surface area contributed by atoms with E-state index < -0.39 is 49.4 Å². The number of sulfonamides is 1. The molecule has 30 heavy (non-hydrogen) atoms. The lowest BCUT2D eigenvalue weighted by Crippen LogP contribution is -2.47. The van der Waals surface area contributed by atoms with Crippen LogP contribution in [0.15, 0.2) is 53.4 Å². The second kappa shape index (κ2) is 8.25. The number of para-hydroxylation sites is 1. The minimum atomic E-state index is -4.30. The number of hydrogen-bond acceptors (Lipinski definition) is 7. The first-order chi connectivity index (χ1) is 14.0. The second-order valence-corrected chi connectivity index (χ2v) is 10.9. The normalized spacial score (nSPS) is 20.5. The SMILES string of the molecule is COc1ccc(S(=O)(=O)N(c2ccccc2)[C@@H]2CS(=O)(=O)C[C@@H]2O)cc1NC(C)=O. The molecule has 11 heteroatoms. The number of amides is 1. The number of nitrogens with one attached hydrogen (secondary N) is 1. The van der Waals surface area contributed by atoms with Gasteiger partial charge in [0.2, 0.25) is 5.91 Å².